The fraction of sp³-hybridized carbons (Fsp3) is 0.250. The highest BCUT2D eigenvalue weighted by Crippen LogP contribution is 2.31. The summed E-state index contributed by atoms with van der Waals surface area (Å²) >= 11 is 0. The van der Waals surface area contributed by atoms with Gasteiger partial charge in [0.15, 0.2) is 0 Å². The average Bonchev–Trinajstić information content (AvgIpc) is 2.52. The molecule has 1 aromatic carbocycles. The van der Waals surface area contributed by atoms with E-state index in [1.807, 2.05) is 6.92 Å². The highest BCUT2D eigenvalue weighted by Gasteiger charge is 2.30. The minimum absolute atomic E-state index is 0.203. The Hall–Kier alpha value is -2.37. The lowest BCUT2D eigenvalue weighted by Crippen LogP contribution is -2.23. The fourth-order valence-electron chi connectivity index (χ4n) is 1.90. The smallest absolute Gasteiger partial charge is 0.352 e. The van der Waals surface area contributed by atoms with Crippen LogP contribution in [-0.2, 0) is 6.18 Å². The van der Waals surface area contributed by atoms with E-state index in [9.17, 15) is 18.0 Å². The molecule has 0 saturated carbocycles. The van der Waals surface area contributed by atoms with Crippen LogP contribution in [0.25, 0.3) is 11.3 Å². The zero-order valence-corrected chi connectivity index (χ0v) is 11.9. The van der Waals surface area contributed by atoms with E-state index in [4.69, 9.17) is 0 Å². The van der Waals surface area contributed by atoms with Gasteiger partial charge in [0.2, 0.25) is 0 Å². The molecule has 2 rings (SSSR count). The number of aromatic nitrogens is 1. The first-order valence-electron chi connectivity index (χ1n) is 6.83. The number of alkyl halides is 3. The Morgan fingerprint density at radius 2 is 1.86 bits per heavy atom. The molecule has 2 aromatic rings. The minimum atomic E-state index is -4.41. The first-order valence-corrected chi connectivity index (χ1v) is 6.83. The van der Waals surface area contributed by atoms with E-state index in [2.05, 4.69) is 10.3 Å². The van der Waals surface area contributed by atoms with Gasteiger partial charge in [-0.05, 0) is 30.7 Å². The number of nitrogens with zero attached hydrogens (tertiary/aromatic N) is 1. The maximum atomic E-state index is 12.7. The van der Waals surface area contributed by atoms with Gasteiger partial charge in [-0.25, -0.2) is 0 Å². The Kier molecular flexibility index (Phi) is 4.80. The second kappa shape index (κ2) is 6.60. The molecule has 0 aliphatic heterocycles. The Labute approximate surface area is 126 Å². The van der Waals surface area contributed by atoms with Crippen LogP contribution in [0.5, 0.6) is 0 Å². The molecule has 1 N–H and O–H groups in total. The van der Waals surface area contributed by atoms with E-state index in [0.29, 0.717) is 17.7 Å². The van der Waals surface area contributed by atoms with Crippen LogP contribution < -0.4 is 5.32 Å². The predicted octanol–water partition coefficient (Wildman–Crippen LogP) is 3.91. The van der Waals surface area contributed by atoms with Crippen molar-refractivity contribution in [3.8, 4) is 11.3 Å². The maximum absolute atomic E-state index is 12.7. The monoisotopic (exact) mass is 308 g/mol. The highest BCUT2D eigenvalue weighted by atomic mass is 19.4. The van der Waals surface area contributed by atoms with Crippen molar-refractivity contribution in [1.29, 1.82) is 0 Å². The molecule has 0 unspecified atom stereocenters. The van der Waals surface area contributed by atoms with Crippen LogP contribution in [0.2, 0.25) is 0 Å². The summed E-state index contributed by atoms with van der Waals surface area (Å²) in [4.78, 5) is 15.7. The fourth-order valence-corrected chi connectivity index (χ4v) is 1.90. The van der Waals surface area contributed by atoms with Crippen LogP contribution in [0.15, 0.2) is 42.6 Å². The minimum Gasteiger partial charge on any atom is -0.352 e. The number of nitrogens with one attached hydrogen (secondary N) is 1. The van der Waals surface area contributed by atoms with Crippen LogP contribution in [0.4, 0.5) is 13.2 Å². The molecule has 1 aromatic heterocycles. The number of rotatable bonds is 4. The van der Waals surface area contributed by atoms with Crippen LogP contribution >= 0.6 is 0 Å². The molecule has 22 heavy (non-hydrogen) atoms. The first-order chi connectivity index (χ1) is 10.4. The van der Waals surface area contributed by atoms with Gasteiger partial charge >= 0.3 is 6.18 Å². The van der Waals surface area contributed by atoms with Gasteiger partial charge in [0.25, 0.3) is 5.91 Å². The number of benzene rings is 1. The summed E-state index contributed by atoms with van der Waals surface area (Å²) in [5.74, 6) is -0.203. The van der Waals surface area contributed by atoms with Gasteiger partial charge < -0.3 is 5.32 Å². The van der Waals surface area contributed by atoms with E-state index in [0.717, 1.165) is 24.8 Å². The van der Waals surface area contributed by atoms with Crippen LogP contribution in [0.3, 0.4) is 0 Å². The molecule has 116 valence electrons. The van der Waals surface area contributed by atoms with E-state index >= 15 is 0 Å². The lowest BCUT2D eigenvalue weighted by atomic mass is 10.1. The summed E-state index contributed by atoms with van der Waals surface area (Å²) in [5.41, 5.74) is 0.458. The average molecular weight is 308 g/mol. The molecule has 0 aliphatic carbocycles. The van der Waals surface area contributed by atoms with Crippen molar-refractivity contribution in [3.05, 3.63) is 53.7 Å². The van der Waals surface area contributed by atoms with Crippen molar-refractivity contribution in [2.45, 2.75) is 19.5 Å². The number of amides is 1. The van der Waals surface area contributed by atoms with E-state index in [1.165, 1.54) is 0 Å². The predicted molar refractivity (Wildman–Crippen MR) is 77.3 cm³/mol. The number of halogens is 3. The van der Waals surface area contributed by atoms with Gasteiger partial charge in [-0.1, -0.05) is 19.1 Å². The summed E-state index contributed by atoms with van der Waals surface area (Å²) in [6, 6.07) is 8.24. The number of pyridine rings is 1. The van der Waals surface area contributed by atoms with Crippen LogP contribution in [0, 0.1) is 0 Å². The molecule has 0 saturated heterocycles. The van der Waals surface area contributed by atoms with Crippen molar-refractivity contribution in [2.24, 2.45) is 0 Å². The lowest BCUT2D eigenvalue weighted by Gasteiger charge is -2.09. The molecule has 6 heteroatoms. The van der Waals surface area contributed by atoms with Crippen LogP contribution in [0.1, 0.15) is 29.3 Å². The van der Waals surface area contributed by atoms with Gasteiger partial charge in [-0.2, -0.15) is 13.2 Å². The zero-order valence-electron chi connectivity index (χ0n) is 11.9. The summed E-state index contributed by atoms with van der Waals surface area (Å²) in [7, 11) is 0. The van der Waals surface area contributed by atoms with Crippen molar-refractivity contribution in [3.63, 3.8) is 0 Å². The summed E-state index contributed by atoms with van der Waals surface area (Å²) in [5, 5.41) is 2.73. The van der Waals surface area contributed by atoms with Crippen molar-refractivity contribution in [2.75, 3.05) is 6.54 Å². The Morgan fingerprint density at radius 1 is 1.18 bits per heavy atom. The second-order valence-corrected chi connectivity index (χ2v) is 4.76. The topological polar surface area (TPSA) is 42.0 Å². The molecule has 3 nitrogen and oxygen atoms in total. The molecule has 0 fully saturated rings. The van der Waals surface area contributed by atoms with Crippen molar-refractivity contribution >= 4 is 5.91 Å². The molecule has 0 spiro atoms. The summed E-state index contributed by atoms with van der Waals surface area (Å²) in [6.45, 7) is 2.53. The molecule has 1 amide bonds. The van der Waals surface area contributed by atoms with Crippen molar-refractivity contribution in [1.82, 2.24) is 10.3 Å². The SMILES string of the molecule is CCCNC(=O)c1ccc(-c2cc(C(F)(F)F)ccn2)cc1. The van der Waals surface area contributed by atoms with Crippen LogP contribution in [-0.4, -0.2) is 17.4 Å². The third-order valence-corrected chi connectivity index (χ3v) is 3.07. The quantitative estimate of drug-likeness (QED) is 0.930. The zero-order chi connectivity index (χ0) is 16.2. The van der Waals surface area contributed by atoms with E-state index < -0.39 is 11.7 Å². The Balaban J connectivity index is 2.22. The molecular weight excluding hydrogens is 293 g/mol. The molecule has 0 bridgehead atoms. The normalized spacial score (nSPS) is 11.3. The third kappa shape index (κ3) is 3.84. The standard InChI is InChI=1S/C16H15F3N2O/c1-2-8-21-15(22)12-5-3-11(4-6-12)14-10-13(7-9-20-14)16(17,18)19/h3-7,9-10H,2,8H2,1H3,(H,21,22). The van der Waals surface area contributed by atoms with Gasteiger partial charge in [0.05, 0.1) is 11.3 Å². The van der Waals surface area contributed by atoms with Crippen molar-refractivity contribution < 1.29 is 18.0 Å². The largest absolute Gasteiger partial charge is 0.416 e. The van der Waals surface area contributed by atoms with Gasteiger partial charge in [-0.3, -0.25) is 9.78 Å². The number of hydrogen-bond donors (Lipinski definition) is 1. The summed E-state index contributed by atoms with van der Waals surface area (Å²) in [6.07, 6.45) is -2.45. The molecule has 0 aliphatic rings. The number of hydrogen-bond acceptors (Lipinski definition) is 2. The van der Waals surface area contributed by atoms with Gasteiger partial charge in [0, 0.05) is 23.9 Å². The van der Waals surface area contributed by atoms with Gasteiger partial charge in [0.1, 0.15) is 0 Å². The molecular formula is C16H15F3N2O. The molecule has 1 heterocycles. The van der Waals surface area contributed by atoms with E-state index in [1.54, 1.807) is 24.3 Å². The molecule has 0 radical (unpaired) electrons. The lowest BCUT2D eigenvalue weighted by molar-refractivity contribution is -0.137. The maximum Gasteiger partial charge on any atom is 0.416 e. The molecule has 0 atom stereocenters. The second-order valence-electron chi connectivity index (χ2n) is 4.76. The number of carbonyl (C=O) groups is 1. The Morgan fingerprint density at radius 3 is 2.45 bits per heavy atom. The van der Waals surface area contributed by atoms with E-state index in [-0.39, 0.29) is 11.6 Å². The first kappa shape index (κ1) is 16.0. The highest BCUT2D eigenvalue weighted by molar-refractivity contribution is 5.94. The third-order valence-electron chi connectivity index (χ3n) is 3.07. The summed E-state index contributed by atoms with van der Waals surface area (Å²) < 4.78 is 38.1. The number of carbonyl (C=O) groups excluding carboxylic acids is 1. The van der Waals surface area contributed by atoms with Gasteiger partial charge in [-0.15, -0.1) is 0 Å². The Bertz CT molecular complexity index is 651.